The van der Waals surface area contributed by atoms with E-state index in [2.05, 4.69) is 5.32 Å². The summed E-state index contributed by atoms with van der Waals surface area (Å²) in [5, 5.41) is 2.80. The second-order valence-electron chi connectivity index (χ2n) is 4.28. The third-order valence-corrected chi connectivity index (χ3v) is 3.82. The van der Waals surface area contributed by atoms with Gasteiger partial charge >= 0.3 is 0 Å². The molecule has 0 aliphatic rings. The number of benzene rings is 1. The highest BCUT2D eigenvalue weighted by Gasteiger charge is 2.13. The number of carbonyl (C=O) groups excluding carboxylic acids is 1. The van der Waals surface area contributed by atoms with Gasteiger partial charge in [0.2, 0.25) is 5.91 Å². The molecule has 0 aromatic heterocycles. The molecule has 1 aromatic rings. The summed E-state index contributed by atoms with van der Waals surface area (Å²) >= 11 is 1.54. The fourth-order valence-corrected chi connectivity index (χ4v) is 2.48. The summed E-state index contributed by atoms with van der Waals surface area (Å²) in [5.74, 6) is 0.879. The summed E-state index contributed by atoms with van der Waals surface area (Å²) in [7, 11) is 1.64. The van der Waals surface area contributed by atoms with Crippen LogP contribution in [0.3, 0.4) is 0 Å². The van der Waals surface area contributed by atoms with Crippen molar-refractivity contribution in [1.82, 2.24) is 5.32 Å². The van der Waals surface area contributed by atoms with Crippen LogP contribution in [0.1, 0.15) is 20.3 Å². The molecular formula is C15H23NO3S. The first kappa shape index (κ1) is 16.9. The highest BCUT2D eigenvalue weighted by atomic mass is 32.2. The van der Waals surface area contributed by atoms with Crippen LogP contribution in [0.2, 0.25) is 0 Å². The van der Waals surface area contributed by atoms with Crippen molar-refractivity contribution in [3.63, 3.8) is 0 Å². The molecule has 0 heterocycles. The minimum absolute atomic E-state index is 0.0577. The van der Waals surface area contributed by atoms with Crippen LogP contribution in [0.4, 0.5) is 0 Å². The van der Waals surface area contributed by atoms with Crippen LogP contribution in [-0.2, 0) is 9.53 Å². The molecule has 0 bridgehead atoms. The molecule has 1 atom stereocenters. The van der Waals surface area contributed by atoms with E-state index >= 15 is 0 Å². The normalized spacial score (nSPS) is 11.9. The highest BCUT2D eigenvalue weighted by molar-refractivity contribution is 8.00. The van der Waals surface area contributed by atoms with Gasteiger partial charge in [0.05, 0.1) is 12.4 Å². The Morgan fingerprint density at radius 1 is 1.35 bits per heavy atom. The number of ether oxygens (including phenoxy) is 2. The van der Waals surface area contributed by atoms with E-state index in [0.29, 0.717) is 13.2 Å². The monoisotopic (exact) mass is 297 g/mol. The van der Waals surface area contributed by atoms with E-state index in [9.17, 15) is 4.79 Å². The van der Waals surface area contributed by atoms with Crippen LogP contribution in [0.15, 0.2) is 29.2 Å². The average Bonchev–Trinajstić information content (AvgIpc) is 2.47. The third kappa shape index (κ3) is 6.30. The summed E-state index contributed by atoms with van der Waals surface area (Å²) < 4.78 is 10.3. The van der Waals surface area contributed by atoms with Crippen LogP contribution >= 0.6 is 11.8 Å². The van der Waals surface area contributed by atoms with Crippen molar-refractivity contribution < 1.29 is 14.3 Å². The van der Waals surface area contributed by atoms with Crippen LogP contribution in [0, 0.1) is 0 Å². The number of amides is 1. The molecule has 0 saturated heterocycles. The van der Waals surface area contributed by atoms with Gasteiger partial charge in [0, 0.05) is 24.7 Å². The summed E-state index contributed by atoms with van der Waals surface area (Å²) in [4.78, 5) is 13.0. The van der Waals surface area contributed by atoms with Crippen LogP contribution in [0.5, 0.6) is 5.75 Å². The van der Waals surface area contributed by atoms with Crippen molar-refractivity contribution in [3.05, 3.63) is 24.3 Å². The Balaban J connectivity index is 2.29. The minimum atomic E-state index is -0.115. The van der Waals surface area contributed by atoms with E-state index in [1.807, 2.05) is 38.1 Å². The van der Waals surface area contributed by atoms with Gasteiger partial charge in [0.1, 0.15) is 5.75 Å². The smallest absolute Gasteiger partial charge is 0.233 e. The van der Waals surface area contributed by atoms with Crippen LogP contribution in [-0.4, -0.2) is 38.0 Å². The van der Waals surface area contributed by atoms with Crippen molar-refractivity contribution in [2.45, 2.75) is 30.4 Å². The second kappa shape index (κ2) is 9.66. The van der Waals surface area contributed by atoms with Gasteiger partial charge in [-0.05, 0) is 44.5 Å². The zero-order valence-corrected chi connectivity index (χ0v) is 13.2. The molecule has 1 N–H and O–H groups in total. The number of hydrogen-bond donors (Lipinski definition) is 1. The first-order valence-electron chi connectivity index (χ1n) is 6.83. The lowest BCUT2D eigenvalue weighted by Crippen LogP contribution is -2.32. The van der Waals surface area contributed by atoms with Gasteiger partial charge in [-0.1, -0.05) is 0 Å². The lowest BCUT2D eigenvalue weighted by Gasteiger charge is -2.12. The topological polar surface area (TPSA) is 47.6 Å². The lowest BCUT2D eigenvalue weighted by molar-refractivity contribution is -0.120. The van der Waals surface area contributed by atoms with Crippen molar-refractivity contribution in [2.75, 3.05) is 26.9 Å². The standard InChI is InChI=1S/C15H23NO3S/c1-4-19-11-5-10-16-15(17)12(2)20-14-8-6-13(18-3)7-9-14/h6-9,12H,4-5,10-11H2,1-3H3,(H,16,17)/t12-/m1/s1. The molecule has 4 nitrogen and oxygen atoms in total. The van der Waals surface area contributed by atoms with Crippen molar-refractivity contribution in [1.29, 1.82) is 0 Å². The number of carbonyl (C=O) groups is 1. The van der Waals surface area contributed by atoms with E-state index in [0.717, 1.165) is 23.7 Å². The van der Waals surface area contributed by atoms with E-state index in [1.54, 1.807) is 18.9 Å². The number of rotatable bonds is 9. The molecule has 0 fully saturated rings. The largest absolute Gasteiger partial charge is 0.497 e. The molecule has 1 aromatic carbocycles. The number of methoxy groups -OCH3 is 1. The maximum atomic E-state index is 11.9. The maximum Gasteiger partial charge on any atom is 0.233 e. The molecular weight excluding hydrogens is 274 g/mol. The van der Waals surface area contributed by atoms with Crippen molar-refractivity contribution in [3.8, 4) is 5.75 Å². The number of hydrogen-bond acceptors (Lipinski definition) is 4. The first-order chi connectivity index (χ1) is 9.67. The Morgan fingerprint density at radius 3 is 2.65 bits per heavy atom. The number of nitrogens with one attached hydrogen (secondary N) is 1. The Bertz CT molecular complexity index is 395. The zero-order chi connectivity index (χ0) is 14.8. The molecule has 5 heteroatoms. The zero-order valence-electron chi connectivity index (χ0n) is 12.3. The molecule has 112 valence electrons. The molecule has 0 saturated carbocycles. The molecule has 1 rings (SSSR count). The summed E-state index contributed by atoms with van der Waals surface area (Å²) in [6.07, 6.45) is 0.847. The minimum Gasteiger partial charge on any atom is -0.497 e. The van der Waals surface area contributed by atoms with Gasteiger partial charge in [0.25, 0.3) is 0 Å². The van der Waals surface area contributed by atoms with Gasteiger partial charge in [-0.2, -0.15) is 0 Å². The molecule has 1 amide bonds. The van der Waals surface area contributed by atoms with Gasteiger partial charge in [-0.3, -0.25) is 4.79 Å². The summed E-state index contributed by atoms with van der Waals surface area (Å²) in [6, 6.07) is 7.72. The van der Waals surface area contributed by atoms with E-state index in [4.69, 9.17) is 9.47 Å². The Hall–Kier alpha value is -1.20. The predicted molar refractivity (Wildman–Crippen MR) is 82.4 cm³/mol. The third-order valence-electron chi connectivity index (χ3n) is 2.71. The number of thioether (sulfide) groups is 1. The lowest BCUT2D eigenvalue weighted by atomic mass is 10.3. The predicted octanol–water partition coefficient (Wildman–Crippen LogP) is 2.72. The average molecular weight is 297 g/mol. The van der Waals surface area contributed by atoms with Gasteiger partial charge in [0.15, 0.2) is 0 Å². The van der Waals surface area contributed by atoms with Crippen molar-refractivity contribution in [2.24, 2.45) is 0 Å². The van der Waals surface area contributed by atoms with E-state index < -0.39 is 0 Å². The quantitative estimate of drug-likeness (QED) is 0.562. The van der Waals surface area contributed by atoms with Crippen molar-refractivity contribution >= 4 is 17.7 Å². The Kier molecular flexibility index (Phi) is 8.14. The van der Waals surface area contributed by atoms with E-state index in [1.165, 1.54) is 0 Å². The SMILES string of the molecule is CCOCCCNC(=O)[C@@H](C)Sc1ccc(OC)cc1. The highest BCUT2D eigenvalue weighted by Crippen LogP contribution is 2.25. The fraction of sp³-hybridized carbons (Fsp3) is 0.533. The molecule has 0 spiro atoms. The fourth-order valence-electron chi connectivity index (χ4n) is 1.59. The first-order valence-corrected chi connectivity index (χ1v) is 7.71. The second-order valence-corrected chi connectivity index (χ2v) is 5.69. The van der Waals surface area contributed by atoms with Gasteiger partial charge < -0.3 is 14.8 Å². The van der Waals surface area contributed by atoms with Gasteiger partial charge in [-0.25, -0.2) is 0 Å². The van der Waals surface area contributed by atoms with E-state index in [-0.39, 0.29) is 11.2 Å². The van der Waals surface area contributed by atoms with Crippen LogP contribution in [0.25, 0.3) is 0 Å². The summed E-state index contributed by atoms with van der Waals surface area (Å²) in [5.41, 5.74) is 0. The molecule has 20 heavy (non-hydrogen) atoms. The Morgan fingerprint density at radius 2 is 2.05 bits per heavy atom. The summed E-state index contributed by atoms with van der Waals surface area (Å²) in [6.45, 7) is 5.94. The maximum absolute atomic E-state index is 11.9. The van der Waals surface area contributed by atoms with Gasteiger partial charge in [-0.15, -0.1) is 11.8 Å². The molecule has 0 aliphatic heterocycles. The molecule has 0 aliphatic carbocycles. The van der Waals surface area contributed by atoms with Crippen LogP contribution < -0.4 is 10.1 Å². The Labute approximate surface area is 125 Å². The molecule has 0 unspecified atom stereocenters. The molecule has 0 radical (unpaired) electrons.